The second-order valence-electron chi connectivity index (χ2n) is 4.36. The molecule has 0 aliphatic heterocycles. The highest BCUT2D eigenvalue weighted by molar-refractivity contribution is 9.10. The molecule has 0 saturated carbocycles. The van der Waals surface area contributed by atoms with Gasteiger partial charge in [0.2, 0.25) is 5.91 Å². The lowest BCUT2D eigenvalue weighted by Crippen LogP contribution is -2.37. The monoisotopic (exact) mass is 291 g/mol. The summed E-state index contributed by atoms with van der Waals surface area (Å²) in [6.45, 7) is 8.14. The van der Waals surface area contributed by atoms with Crippen LogP contribution in [-0.4, -0.2) is 28.7 Å². The van der Waals surface area contributed by atoms with Crippen LogP contribution >= 0.6 is 15.9 Å². The Morgan fingerprint density at radius 1 is 1.06 bits per heavy atom. The third-order valence-electron chi connectivity index (χ3n) is 2.72. The quantitative estimate of drug-likeness (QED) is 0.465. The van der Waals surface area contributed by atoms with Gasteiger partial charge in [0.05, 0.1) is 4.83 Å². The van der Waals surface area contributed by atoms with Crippen molar-refractivity contribution in [3.63, 3.8) is 0 Å². The summed E-state index contributed by atoms with van der Waals surface area (Å²) < 4.78 is 0. The number of carbonyl (C=O) groups excluding carboxylic acids is 1. The summed E-state index contributed by atoms with van der Waals surface area (Å²) in [5.74, 6) is 0.243. The number of alkyl halides is 1. The molecule has 1 amide bonds. The highest BCUT2D eigenvalue weighted by Gasteiger charge is 2.16. The molecule has 0 aromatic heterocycles. The fourth-order valence-corrected chi connectivity index (χ4v) is 1.98. The van der Waals surface area contributed by atoms with Crippen molar-refractivity contribution in [1.29, 1.82) is 0 Å². The van der Waals surface area contributed by atoms with Gasteiger partial charge in [-0.3, -0.25) is 4.79 Å². The van der Waals surface area contributed by atoms with Gasteiger partial charge in [0.1, 0.15) is 0 Å². The topological polar surface area (TPSA) is 20.3 Å². The Morgan fingerprint density at radius 3 is 1.81 bits per heavy atom. The normalized spacial score (nSPS) is 12.5. The molecule has 0 aliphatic carbocycles. The molecule has 0 aromatic carbocycles. The number of hydrogen-bond donors (Lipinski definition) is 0. The maximum atomic E-state index is 11.9. The zero-order valence-electron chi connectivity index (χ0n) is 11.0. The van der Waals surface area contributed by atoms with Gasteiger partial charge < -0.3 is 4.90 Å². The zero-order chi connectivity index (χ0) is 12.4. The Balaban J connectivity index is 4.00. The maximum Gasteiger partial charge on any atom is 0.236 e. The van der Waals surface area contributed by atoms with Gasteiger partial charge in [-0.25, -0.2) is 0 Å². The Kier molecular flexibility index (Phi) is 10.1. The first-order valence-electron chi connectivity index (χ1n) is 6.56. The van der Waals surface area contributed by atoms with E-state index in [1.54, 1.807) is 0 Å². The fourth-order valence-electron chi connectivity index (χ4n) is 1.69. The number of amides is 1. The van der Waals surface area contributed by atoms with Gasteiger partial charge in [-0.2, -0.15) is 0 Å². The molecule has 1 atom stereocenters. The van der Waals surface area contributed by atoms with E-state index in [1.165, 1.54) is 25.7 Å². The minimum atomic E-state index is -0.0456. The van der Waals surface area contributed by atoms with E-state index in [0.29, 0.717) is 0 Å². The van der Waals surface area contributed by atoms with Gasteiger partial charge in [0.15, 0.2) is 0 Å². The van der Waals surface area contributed by atoms with Gasteiger partial charge in [0, 0.05) is 13.1 Å². The van der Waals surface area contributed by atoms with E-state index in [9.17, 15) is 4.79 Å². The van der Waals surface area contributed by atoms with Crippen LogP contribution in [0.5, 0.6) is 0 Å². The zero-order valence-corrected chi connectivity index (χ0v) is 12.6. The van der Waals surface area contributed by atoms with Crippen LogP contribution in [0.1, 0.15) is 59.3 Å². The summed E-state index contributed by atoms with van der Waals surface area (Å²) in [5.41, 5.74) is 0. The smallest absolute Gasteiger partial charge is 0.236 e. The van der Waals surface area contributed by atoms with Crippen molar-refractivity contribution in [3.05, 3.63) is 0 Å². The number of hydrogen-bond acceptors (Lipinski definition) is 1. The van der Waals surface area contributed by atoms with Crippen molar-refractivity contribution < 1.29 is 4.79 Å². The summed E-state index contributed by atoms with van der Waals surface area (Å²) >= 11 is 3.37. The summed E-state index contributed by atoms with van der Waals surface area (Å²) in [7, 11) is 0. The van der Waals surface area contributed by atoms with Gasteiger partial charge in [-0.05, 0) is 19.8 Å². The second-order valence-corrected chi connectivity index (χ2v) is 5.73. The van der Waals surface area contributed by atoms with E-state index in [0.717, 1.165) is 25.9 Å². The number of halogens is 1. The summed E-state index contributed by atoms with van der Waals surface area (Å²) in [5, 5.41) is 0. The lowest BCUT2D eigenvalue weighted by atomic mass is 10.2. The lowest BCUT2D eigenvalue weighted by Gasteiger charge is -2.24. The number of rotatable bonds is 9. The molecule has 0 radical (unpaired) electrons. The molecule has 0 bridgehead atoms. The molecule has 0 heterocycles. The summed E-state index contributed by atoms with van der Waals surface area (Å²) in [6, 6.07) is 0. The third kappa shape index (κ3) is 7.26. The molecule has 0 N–H and O–H groups in total. The van der Waals surface area contributed by atoms with Crippen LogP contribution in [0.2, 0.25) is 0 Å². The molecule has 0 saturated heterocycles. The van der Waals surface area contributed by atoms with Crippen LogP contribution in [0.25, 0.3) is 0 Å². The summed E-state index contributed by atoms with van der Waals surface area (Å²) in [6.07, 6.45) is 7.12. The number of carbonyl (C=O) groups is 1. The first-order valence-corrected chi connectivity index (χ1v) is 7.47. The minimum Gasteiger partial charge on any atom is -0.342 e. The molecular formula is C13H26BrNO. The predicted molar refractivity (Wildman–Crippen MR) is 74.0 cm³/mol. The Bertz CT molecular complexity index is 173. The Morgan fingerprint density at radius 2 is 1.50 bits per heavy atom. The predicted octanol–water partition coefficient (Wildman–Crippen LogP) is 3.98. The molecule has 3 heteroatoms. The molecule has 2 nitrogen and oxygen atoms in total. The SMILES string of the molecule is CCCCCN(CCCCC)C(=O)[C@@H](C)Br. The minimum absolute atomic E-state index is 0.0456. The van der Waals surface area contributed by atoms with Crippen LogP contribution in [0.15, 0.2) is 0 Å². The average molecular weight is 292 g/mol. The van der Waals surface area contributed by atoms with Crippen LogP contribution in [-0.2, 0) is 4.79 Å². The number of nitrogens with zero attached hydrogens (tertiary/aromatic N) is 1. The standard InChI is InChI=1S/C13H26BrNO/c1-4-6-8-10-15(11-9-7-5-2)13(16)12(3)14/h12H,4-11H2,1-3H3/t12-/m1/s1. The van der Waals surface area contributed by atoms with E-state index < -0.39 is 0 Å². The number of unbranched alkanes of at least 4 members (excludes halogenated alkanes) is 4. The van der Waals surface area contributed by atoms with Gasteiger partial charge in [0.25, 0.3) is 0 Å². The highest BCUT2D eigenvalue weighted by Crippen LogP contribution is 2.08. The van der Waals surface area contributed by atoms with Crippen LogP contribution in [0.4, 0.5) is 0 Å². The van der Waals surface area contributed by atoms with E-state index >= 15 is 0 Å². The van der Waals surface area contributed by atoms with Crippen molar-refractivity contribution in [3.8, 4) is 0 Å². The fraction of sp³-hybridized carbons (Fsp3) is 0.923. The largest absolute Gasteiger partial charge is 0.342 e. The van der Waals surface area contributed by atoms with Gasteiger partial charge in [-0.15, -0.1) is 0 Å². The molecule has 0 aliphatic rings. The van der Waals surface area contributed by atoms with E-state index in [1.807, 2.05) is 11.8 Å². The molecule has 0 spiro atoms. The first kappa shape index (κ1) is 16.0. The van der Waals surface area contributed by atoms with Crippen molar-refractivity contribution in [1.82, 2.24) is 4.90 Å². The Hall–Kier alpha value is -0.0500. The van der Waals surface area contributed by atoms with Crippen LogP contribution in [0.3, 0.4) is 0 Å². The molecule has 96 valence electrons. The maximum absolute atomic E-state index is 11.9. The average Bonchev–Trinajstić information content (AvgIpc) is 2.26. The van der Waals surface area contributed by atoms with Crippen molar-refractivity contribution in [2.24, 2.45) is 0 Å². The lowest BCUT2D eigenvalue weighted by molar-refractivity contribution is -0.130. The summed E-state index contributed by atoms with van der Waals surface area (Å²) in [4.78, 5) is 13.9. The molecule has 0 rings (SSSR count). The van der Waals surface area contributed by atoms with Gasteiger partial charge >= 0.3 is 0 Å². The molecule has 0 aromatic rings. The van der Waals surface area contributed by atoms with E-state index in [4.69, 9.17) is 0 Å². The highest BCUT2D eigenvalue weighted by atomic mass is 79.9. The van der Waals surface area contributed by atoms with Crippen molar-refractivity contribution >= 4 is 21.8 Å². The second kappa shape index (κ2) is 10.1. The van der Waals surface area contributed by atoms with Crippen LogP contribution < -0.4 is 0 Å². The first-order chi connectivity index (χ1) is 7.63. The van der Waals surface area contributed by atoms with Crippen molar-refractivity contribution in [2.75, 3.05) is 13.1 Å². The molecule has 0 fully saturated rings. The molecular weight excluding hydrogens is 266 g/mol. The molecule has 0 unspecified atom stereocenters. The Labute approximate surface area is 109 Å². The van der Waals surface area contributed by atoms with Crippen LogP contribution in [0, 0.1) is 0 Å². The van der Waals surface area contributed by atoms with Crippen molar-refractivity contribution in [2.45, 2.75) is 64.1 Å². The third-order valence-corrected chi connectivity index (χ3v) is 3.11. The van der Waals surface area contributed by atoms with E-state index in [2.05, 4.69) is 29.8 Å². The van der Waals surface area contributed by atoms with E-state index in [-0.39, 0.29) is 10.7 Å². The molecule has 16 heavy (non-hydrogen) atoms. The van der Waals surface area contributed by atoms with Gasteiger partial charge in [-0.1, -0.05) is 55.5 Å².